The first-order valence-electron chi connectivity index (χ1n) is 8.90. The number of nitrogens with zero attached hydrogens (tertiary/aromatic N) is 2. The lowest BCUT2D eigenvalue weighted by atomic mass is 10.1. The molecule has 3 heterocycles. The molecule has 4 rings (SSSR count). The normalized spacial score (nSPS) is 27.6. The maximum atomic E-state index is 14.7. The molecule has 3 saturated heterocycles. The lowest BCUT2D eigenvalue weighted by molar-refractivity contribution is -0.119. The van der Waals surface area contributed by atoms with Gasteiger partial charge in [-0.05, 0) is 24.6 Å². The van der Waals surface area contributed by atoms with E-state index in [0.29, 0.717) is 23.8 Å². The number of fused-ring (bicyclic) bond motifs is 1. The quantitative estimate of drug-likeness (QED) is 0.878. The number of halogens is 1. The van der Waals surface area contributed by atoms with E-state index >= 15 is 0 Å². The number of benzene rings is 1. The molecule has 8 heteroatoms. The van der Waals surface area contributed by atoms with Crippen LogP contribution in [-0.4, -0.2) is 57.0 Å². The molecule has 26 heavy (non-hydrogen) atoms. The van der Waals surface area contributed by atoms with Crippen molar-refractivity contribution in [2.45, 2.75) is 25.6 Å². The van der Waals surface area contributed by atoms with Gasteiger partial charge in [0.05, 0.1) is 30.6 Å². The second kappa shape index (κ2) is 6.75. The summed E-state index contributed by atoms with van der Waals surface area (Å²) in [5.41, 5.74) is 0.992. The number of carbonyl (C=O) groups excluding carboxylic acids is 2. The molecular formula is C18H22FN3O4. The molecule has 1 N–H and O–H groups in total. The Morgan fingerprint density at radius 2 is 2.19 bits per heavy atom. The van der Waals surface area contributed by atoms with Crippen molar-refractivity contribution in [2.24, 2.45) is 5.92 Å². The predicted molar refractivity (Wildman–Crippen MR) is 92.8 cm³/mol. The fourth-order valence-corrected chi connectivity index (χ4v) is 3.89. The number of carbonyl (C=O) groups is 2. The molecule has 0 radical (unpaired) electrons. The zero-order chi connectivity index (χ0) is 18.3. The molecule has 140 valence electrons. The molecule has 0 aromatic heterocycles. The van der Waals surface area contributed by atoms with E-state index in [1.807, 2.05) is 4.90 Å². The molecule has 0 unspecified atom stereocenters. The maximum Gasteiger partial charge on any atom is 0.414 e. The molecule has 1 aromatic rings. The van der Waals surface area contributed by atoms with Gasteiger partial charge in [0.1, 0.15) is 11.9 Å². The van der Waals surface area contributed by atoms with Crippen molar-refractivity contribution in [2.75, 3.05) is 42.6 Å². The van der Waals surface area contributed by atoms with Crippen molar-refractivity contribution >= 4 is 23.4 Å². The smallest absolute Gasteiger partial charge is 0.414 e. The summed E-state index contributed by atoms with van der Waals surface area (Å²) in [6.45, 7) is 4.22. The Morgan fingerprint density at radius 3 is 2.92 bits per heavy atom. The second-order valence-electron chi connectivity index (χ2n) is 7.05. The van der Waals surface area contributed by atoms with Crippen molar-refractivity contribution in [1.29, 1.82) is 0 Å². The Bertz CT molecular complexity index is 716. The van der Waals surface area contributed by atoms with E-state index in [2.05, 4.69) is 5.32 Å². The molecule has 3 aliphatic rings. The monoisotopic (exact) mass is 363 g/mol. The van der Waals surface area contributed by atoms with Gasteiger partial charge in [-0.3, -0.25) is 9.69 Å². The van der Waals surface area contributed by atoms with Crippen molar-refractivity contribution in [3.8, 4) is 0 Å². The highest BCUT2D eigenvalue weighted by atomic mass is 19.1. The van der Waals surface area contributed by atoms with Gasteiger partial charge in [-0.1, -0.05) is 0 Å². The molecular weight excluding hydrogens is 341 g/mol. The van der Waals surface area contributed by atoms with E-state index in [1.165, 1.54) is 17.9 Å². The largest absolute Gasteiger partial charge is 0.442 e. The lowest BCUT2D eigenvalue weighted by Gasteiger charge is -2.21. The Balaban J connectivity index is 1.44. The van der Waals surface area contributed by atoms with E-state index in [-0.39, 0.29) is 30.9 Å². The van der Waals surface area contributed by atoms with Gasteiger partial charge in [0, 0.05) is 32.5 Å². The second-order valence-corrected chi connectivity index (χ2v) is 7.05. The summed E-state index contributed by atoms with van der Waals surface area (Å²) in [7, 11) is 0. The SMILES string of the molecule is CC(=O)NC[C@H]1CN(c2ccc(N3C[C@@H]4CCO[C@@H]4C3)c(F)c2)C(=O)O1. The van der Waals surface area contributed by atoms with Crippen LogP contribution in [-0.2, 0) is 14.3 Å². The number of cyclic esters (lactones) is 1. The maximum absolute atomic E-state index is 14.7. The lowest BCUT2D eigenvalue weighted by Crippen LogP contribution is -2.33. The van der Waals surface area contributed by atoms with Crippen LogP contribution in [0.15, 0.2) is 18.2 Å². The third-order valence-corrected chi connectivity index (χ3v) is 5.24. The fourth-order valence-electron chi connectivity index (χ4n) is 3.89. The molecule has 1 aromatic carbocycles. The first kappa shape index (κ1) is 17.1. The summed E-state index contributed by atoms with van der Waals surface area (Å²) in [6.07, 6.45) is 0.244. The minimum Gasteiger partial charge on any atom is -0.442 e. The van der Waals surface area contributed by atoms with Crippen LogP contribution in [0.2, 0.25) is 0 Å². The Hall–Kier alpha value is -2.35. The van der Waals surface area contributed by atoms with Crippen LogP contribution in [0.3, 0.4) is 0 Å². The summed E-state index contributed by atoms with van der Waals surface area (Å²) >= 11 is 0. The van der Waals surface area contributed by atoms with Gasteiger partial charge < -0.3 is 19.7 Å². The average molecular weight is 363 g/mol. The van der Waals surface area contributed by atoms with E-state index < -0.39 is 12.2 Å². The van der Waals surface area contributed by atoms with E-state index in [1.54, 1.807) is 12.1 Å². The van der Waals surface area contributed by atoms with Crippen LogP contribution < -0.4 is 15.1 Å². The Labute approximate surface area is 151 Å². The highest BCUT2D eigenvalue weighted by molar-refractivity contribution is 5.90. The van der Waals surface area contributed by atoms with Crippen LogP contribution in [0.25, 0.3) is 0 Å². The average Bonchev–Trinajstić information content (AvgIpc) is 3.27. The number of hydrogen-bond acceptors (Lipinski definition) is 5. The van der Waals surface area contributed by atoms with Crippen molar-refractivity contribution < 1.29 is 23.5 Å². The zero-order valence-corrected chi connectivity index (χ0v) is 14.6. The molecule has 0 saturated carbocycles. The van der Waals surface area contributed by atoms with Crippen LogP contribution >= 0.6 is 0 Å². The zero-order valence-electron chi connectivity index (χ0n) is 14.6. The van der Waals surface area contributed by atoms with E-state index in [4.69, 9.17) is 9.47 Å². The van der Waals surface area contributed by atoms with Crippen LogP contribution in [0, 0.1) is 11.7 Å². The number of hydrogen-bond donors (Lipinski definition) is 1. The van der Waals surface area contributed by atoms with Crippen molar-refractivity contribution in [3.63, 3.8) is 0 Å². The van der Waals surface area contributed by atoms with Gasteiger partial charge in [0.15, 0.2) is 0 Å². The molecule has 3 fully saturated rings. The molecule has 3 aliphatic heterocycles. The van der Waals surface area contributed by atoms with Crippen LogP contribution in [0.5, 0.6) is 0 Å². The Kier molecular flexibility index (Phi) is 4.44. The summed E-state index contributed by atoms with van der Waals surface area (Å²) in [6, 6.07) is 4.81. The summed E-state index contributed by atoms with van der Waals surface area (Å²) in [4.78, 5) is 26.4. The molecule has 0 bridgehead atoms. The van der Waals surface area contributed by atoms with Gasteiger partial charge in [-0.25, -0.2) is 9.18 Å². The van der Waals surface area contributed by atoms with Crippen LogP contribution in [0.1, 0.15) is 13.3 Å². The van der Waals surface area contributed by atoms with Crippen molar-refractivity contribution in [1.82, 2.24) is 5.32 Å². The minimum atomic E-state index is -0.531. The third-order valence-electron chi connectivity index (χ3n) is 5.24. The topological polar surface area (TPSA) is 71.1 Å². The van der Waals surface area contributed by atoms with Gasteiger partial charge in [0.2, 0.25) is 5.91 Å². The summed E-state index contributed by atoms with van der Waals surface area (Å²) in [5, 5.41) is 2.62. The van der Waals surface area contributed by atoms with Crippen molar-refractivity contribution in [3.05, 3.63) is 24.0 Å². The van der Waals surface area contributed by atoms with Crippen LogP contribution in [0.4, 0.5) is 20.6 Å². The first-order chi connectivity index (χ1) is 12.5. The fraction of sp³-hybridized carbons (Fsp3) is 0.556. The standard InChI is InChI=1S/C18H22FN3O4/c1-11(23)20-7-14-9-22(18(24)26-14)13-2-3-16(15(19)6-13)21-8-12-4-5-25-17(12)10-21/h2-3,6,12,14,17H,4-5,7-10H2,1H3,(H,20,23)/t12-,14-,17+/m0/s1. The number of nitrogens with one attached hydrogen (secondary N) is 1. The Morgan fingerprint density at radius 1 is 1.35 bits per heavy atom. The van der Waals surface area contributed by atoms with Gasteiger partial charge in [0.25, 0.3) is 0 Å². The molecule has 7 nitrogen and oxygen atoms in total. The summed E-state index contributed by atoms with van der Waals surface area (Å²) < 4.78 is 25.6. The third kappa shape index (κ3) is 3.21. The highest BCUT2D eigenvalue weighted by Gasteiger charge is 2.38. The van der Waals surface area contributed by atoms with E-state index in [9.17, 15) is 14.0 Å². The highest BCUT2D eigenvalue weighted by Crippen LogP contribution is 2.35. The molecule has 2 amide bonds. The number of rotatable bonds is 4. The predicted octanol–water partition coefficient (Wildman–Crippen LogP) is 1.51. The van der Waals surface area contributed by atoms with Gasteiger partial charge in [-0.2, -0.15) is 0 Å². The molecule has 0 spiro atoms. The number of anilines is 2. The molecule has 0 aliphatic carbocycles. The number of ether oxygens (including phenoxy) is 2. The van der Waals surface area contributed by atoms with Gasteiger partial charge >= 0.3 is 6.09 Å². The molecule has 3 atom stereocenters. The van der Waals surface area contributed by atoms with E-state index in [0.717, 1.165) is 19.6 Å². The summed E-state index contributed by atoms with van der Waals surface area (Å²) in [5.74, 6) is -0.0768. The number of amides is 2. The minimum absolute atomic E-state index is 0.186. The first-order valence-corrected chi connectivity index (χ1v) is 8.90. The van der Waals surface area contributed by atoms with Gasteiger partial charge in [-0.15, -0.1) is 0 Å².